The highest BCUT2D eigenvalue weighted by atomic mass is 79.9. The van der Waals surface area contributed by atoms with E-state index in [0.717, 1.165) is 23.0 Å². The largest absolute Gasteiger partial charge is 0.490 e. The quantitative estimate of drug-likeness (QED) is 0.220. The van der Waals surface area contributed by atoms with Crippen molar-refractivity contribution in [1.29, 1.82) is 0 Å². The molecule has 0 aliphatic rings. The summed E-state index contributed by atoms with van der Waals surface area (Å²) in [7, 11) is 0. The number of para-hydroxylation sites is 1. The summed E-state index contributed by atoms with van der Waals surface area (Å²) in [6.07, 6.45) is 3.02. The summed E-state index contributed by atoms with van der Waals surface area (Å²) < 4.78 is 26.5. The lowest BCUT2D eigenvalue weighted by Gasteiger charge is -2.16. The van der Waals surface area contributed by atoms with E-state index in [0.29, 0.717) is 30.2 Å². The number of H-pyrrole nitrogens is 1. The zero-order valence-electron chi connectivity index (χ0n) is 18.4. The standard InChI is InChI=1S/C26H26BrFN2O2.ClH/c1-2-31-25-14-18(13-22(27)26(25)32-17-20-7-3-5-9-23(20)28)15-29-12-11-19-16-30-24-10-6-4-8-21(19)24;/h3-10,13-14,16,29-30H,2,11-12,15,17H2,1H3;1H. The second kappa shape index (κ2) is 12.1. The number of aromatic amines is 1. The Hall–Kier alpha value is -2.54. The van der Waals surface area contributed by atoms with Crippen LogP contribution >= 0.6 is 28.3 Å². The van der Waals surface area contributed by atoms with Crippen molar-refractivity contribution in [2.24, 2.45) is 0 Å². The van der Waals surface area contributed by atoms with Gasteiger partial charge in [0.1, 0.15) is 12.4 Å². The van der Waals surface area contributed by atoms with Crippen LogP contribution in [0.15, 0.2) is 71.3 Å². The summed E-state index contributed by atoms with van der Waals surface area (Å²) in [6, 6.07) is 18.9. The van der Waals surface area contributed by atoms with Gasteiger partial charge in [0.15, 0.2) is 11.5 Å². The summed E-state index contributed by atoms with van der Waals surface area (Å²) in [6.45, 7) is 4.14. The number of hydrogen-bond acceptors (Lipinski definition) is 3. The molecule has 0 radical (unpaired) electrons. The molecule has 0 atom stereocenters. The van der Waals surface area contributed by atoms with Crippen molar-refractivity contribution >= 4 is 39.2 Å². The van der Waals surface area contributed by atoms with Crippen molar-refractivity contribution < 1.29 is 13.9 Å². The van der Waals surface area contributed by atoms with Gasteiger partial charge in [-0.25, -0.2) is 4.39 Å². The molecule has 2 N–H and O–H groups in total. The molecule has 0 aliphatic heterocycles. The molecule has 4 rings (SSSR count). The lowest BCUT2D eigenvalue weighted by atomic mass is 10.1. The van der Waals surface area contributed by atoms with Gasteiger partial charge < -0.3 is 19.8 Å². The van der Waals surface area contributed by atoms with Crippen LogP contribution in [0, 0.1) is 5.82 Å². The van der Waals surface area contributed by atoms with Crippen LogP contribution in [-0.4, -0.2) is 18.1 Å². The molecular weight excluding hydrogens is 507 g/mol. The molecule has 0 saturated carbocycles. The lowest BCUT2D eigenvalue weighted by molar-refractivity contribution is 0.264. The summed E-state index contributed by atoms with van der Waals surface area (Å²) in [4.78, 5) is 3.32. The summed E-state index contributed by atoms with van der Waals surface area (Å²) >= 11 is 3.60. The fourth-order valence-corrected chi connectivity index (χ4v) is 4.29. The molecule has 4 nitrogen and oxygen atoms in total. The van der Waals surface area contributed by atoms with Gasteiger partial charge in [-0.15, -0.1) is 12.4 Å². The number of hydrogen-bond donors (Lipinski definition) is 2. The molecule has 1 aromatic heterocycles. The number of benzene rings is 3. The van der Waals surface area contributed by atoms with E-state index in [4.69, 9.17) is 9.47 Å². The Morgan fingerprint density at radius 3 is 2.61 bits per heavy atom. The minimum Gasteiger partial charge on any atom is -0.490 e. The maximum Gasteiger partial charge on any atom is 0.175 e. The van der Waals surface area contributed by atoms with Gasteiger partial charge in [0.05, 0.1) is 11.1 Å². The van der Waals surface area contributed by atoms with Gasteiger partial charge in [0.2, 0.25) is 0 Å². The third kappa shape index (κ3) is 6.28. The maximum atomic E-state index is 13.9. The number of nitrogens with one attached hydrogen (secondary N) is 2. The minimum atomic E-state index is -0.280. The third-order valence-electron chi connectivity index (χ3n) is 5.27. The van der Waals surface area contributed by atoms with E-state index in [1.807, 2.05) is 25.1 Å². The topological polar surface area (TPSA) is 46.3 Å². The van der Waals surface area contributed by atoms with Crippen LogP contribution in [0.3, 0.4) is 0 Å². The fourth-order valence-electron chi connectivity index (χ4n) is 3.69. The molecule has 0 saturated heterocycles. The van der Waals surface area contributed by atoms with Gasteiger partial charge in [-0.3, -0.25) is 0 Å². The van der Waals surface area contributed by atoms with Gasteiger partial charge in [0, 0.05) is 29.2 Å². The van der Waals surface area contributed by atoms with E-state index in [2.05, 4.69) is 50.6 Å². The Morgan fingerprint density at radius 2 is 1.79 bits per heavy atom. The predicted octanol–water partition coefficient (Wildman–Crippen LogP) is 6.80. The predicted molar refractivity (Wildman–Crippen MR) is 137 cm³/mol. The zero-order valence-corrected chi connectivity index (χ0v) is 20.8. The summed E-state index contributed by atoms with van der Waals surface area (Å²) in [5, 5.41) is 4.78. The molecule has 174 valence electrons. The second-order valence-electron chi connectivity index (χ2n) is 7.50. The Balaban J connectivity index is 0.00000306. The van der Waals surface area contributed by atoms with E-state index >= 15 is 0 Å². The molecular formula is C26H27BrClFN2O2. The van der Waals surface area contributed by atoms with Crippen molar-refractivity contribution in [3.05, 3.63) is 93.8 Å². The SMILES string of the molecule is CCOc1cc(CNCCc2c[nH]c3ccccc23)cc(Br)c1OCc1ccccc1F.Cl. The number of halogens is 3. The molecule has 4 aromatic rings. The number of rotatable bonds is 10. The first-order chi connectivity index (χ1) is 15.7. The minimum absolute atomic E-state index is 0. The van der Waals surface area contributed by atoms with E-state index in [9.17, 15) is 4.39 Å². The van der Waals surface area contributed by atoms with Crippen LogP contribution in [0.25, 0.3) is 10.9 Å². The van der Waals surface area contributed by atoms with Crippen molar-refractivity contribution in [1.82, 2.24) is 10.3 Å². The Morgan fingerprint density at radius 1 is 1.00 bits per heavy atom. The van der Waals surface area contributed by atoms with E-state index < -0.39 is 0 Å². The van der Waals surface area contributed by atoms with Crippen molar-refractivity contribution in [3.63, 3.8) is 0 Å². The number of fused-ring (bicyclic) bond motifs is 1. The zero-order chi connectivity index (χ0) is 22.3. The van der Waals surface area contributed by atoms with Crippen molar-refractivity contribution in [2.45, 2.75) is 26.5 Å². The van der Waals surface area contributed by atoms with E-state index in [1.165, 1.54) is 22.5 Å². The summed E-state index contributed by atoms with van der Waals surface area (Å²) in [5.41, 5.74) is 4.06. The fraction of sp³-hybridized carbons (Fsp3) is 0.231. The van der Waals surface area contributed by atoms with Crippen LogP contribution in [0.1, 0.15) is 23.6 Å². The first-order valence-electron chi connectivity index (χ1n) is 10.7. The molecule has 0 aliphatic carbocycles. The molecule has 0 fully saturated rings. The molecule has 0 unspecified atom stereocenters. The Kier molecular flexibility index (Phi) is 9.18. The van der Waals surface area contributed by atoms with Crippen LogP contribution in [0.2, 0.25) is 0 Å². The van der Waals surface area contributed by atoms with Gasteiger partial charge in [-0.1, -0.05) is 36.4 Å². The highest BCUT2D eigenvalue weighted by molar-refractivity contribution is 9.10. The lowest BCUT2D eigenvalue weighted by Crippen LogP contribution is -2.16. The van der Waals surface area contributed by atoms with E-state index in [-0.39, 0.29) is 24.8 Å². The maximum absolute atomic E-state index is 13.9. The summed E-state index contributed by atoms with van der Waals surface area (Å²) in [5.74, 6) is 0.946. The van der Waals surface area contributed by atoms with Crippen LogP contribution < -0.4 is 14.8 Å². The second-order valence-corrected chi connectivity index (χ2v) is 8.36. The normalized spacial score (nSPS) is 10.8. The number of ether oxygens (including phenoxy) is 2. The molecule has 0 bridgehead atoms. The molecule has 3 aromatic carbocycles. The smallest absolute Gasteiger partial charge is 0.175 e. The highest BCUT2D eigenvalue weighted by Crippen LogP contribution is 2.37. The molecule has 0 spiro atoms. The first-order valence-corrected chi connectivity index (χ1v) is 11.5. The third-order valence-corrected chi connectivity index (χ3v) is 5.86. The van der Waals surface area contributed by atoms with Gasteiger partial charge >= 0.3 is 0 Å². The van der Waals surface area contributed by atoms with Crippen LogP contribution in [0.5, 0.6) is 11.5 Å². The van der Waals surface area contributed by atoms with Crippen LogP contribution in [0.4, 0.5) is 4.39 Å². The Labute approximate surface area is 208 Å². The highest BCUT2D eigenvalue weighted by Gasteiger charge is 2.14. The van der Waals surface area contributed by atoms with Gasteiger partial charge in [-0.05, 0) is 71.2 Å². The van der Waals surface area contributed by atoms with Crippen molar-refractivity contribution in [2.75, 3.05) is 13.2 Å². The van der Waals surface area contributed by atoms with Crippen LogP contribution in [-0.2, 0) is 19.6 Å². The monoisotopic (exact) mass is 532 g/mol. The van der Waals surface area contributed by atoms with Gasteiger partial charge in [0.25, 0.3) is 0 Å². The van der Waals surface area contributed by atoms with Crippen molar-refractivity contribution in [3.8, 4) is 11.5 Å². The average molecular weight is 534 g/mol. The molecule has 33 heavy (non-hydrogen) atoms. The first kappa shape index (κ1) is 25.1. The number of aromatic nitrogens is 1. The molecule has 0 amide bonds. The molecule has 1 heterocycles. The van der Waals surface area contributed by atoms with Gasteiger partial charge in [-0.2, -0.15) is 0 Å². The average Bonchev–Trinajstić information content (AvgIpc) is 3.21. The molecule has 7 heteroatoms. The Bertz CT molecular complexity index is 1200. The van der Waals surface area contributed by atoms with E-state index in [1.54, 1.807) is 18.2 Å².